The van der Waals surface area contributed by atoms with Crippen LogP contribution in [0, 0.1) is 0 Å². The van der Waals surface area contributed by atoms with E-state index in [0.717, 1.165) is 11.0 Å². The number of nitrogens with zero attached hydrogens (tertiary/aromatic N) is 2. The van der Waals surface area contributed by atoms with Gasteiger partial charge < -0.3 is 9.55 Å². The fourth-order valence-corrected chi connectivity index (χ4v) is 2.79. The van der Waals surface area contributed by atoms with E-state index >= 15 is 0 Å². The number of aromatic nitrogens is 3. The first-order valence-corrected chi connectivity index (χ1v) is 7.48. The van der Waals surface area contributed by atoms with Crippen molar-refractivity contribution in [1.82, 2.24) is 14.5 Å². The summed E-state index contributed by atoms with van der Waals surface area (Å²) >= 11 is 0. The average Bonchev–Trinajstić information content (AvgIpc) is 3.00. The van der Waals surface area contributed by atoms with E-state index in [4.69, 9.17) is 0 Å². The molecule has 4 rings (SSSR count). The molecule has 4 aromatic rings. The van der Waals surface area contributed by atoms with E-state index in [-0.39, 0.29) is 11.5 Å². The van der Waals surface area contributed by atoms with Crippen LogP contribution in [0.2, 0.25) is 0 Å². The number of hydrogen-bond donors (Lipinski definition) is 2. The first-order chi connectivity index (χ1) is 11.6. The first kappa shape index (κ1) is 14.2. The molecule has 0 unspecified atom stereocenters. The van der Waals surface area contributed by atoms with E-state index in [0.29, 0.717) is 22.4 Å². The van der Waals surface area contributed by atoms with E-state index in [1.54, 1.807) is 7.05 Å². The Balaban J connectivity index is 1.78. The first-order valence-electron chi connectivity index (χ1n) is 7.48. The third-order valence-electron chi connectivity index (χ3n) is 4.02. The molecule has 0 saturated heterocycles. The molecule has 2 aromatic heterocycles. The molecule has 118 valence electrons. The third-order valence-corrected chi connectivity index (χ3v) is 4.02. The van der Waals surface area contributed by atoms with Crippen LogP contribution in [0.25, 0.3) is 21.9 Å². The molecule has 0 spiro atoms. The number of carbonyl (C=O) groups is 1. The Labute approximate surface area is 136 Å². The number of para-hydroxylation sites is 3. The number of aromatic amines is 1. The van der Waals surface area contributed by atoms with Gasteiger partial charge in [-0.3, -0.25) is 14.9 Å². The lowest BCUT2D eigenvalue weighted by Crippen LogP contribution is -2.22. The minimum Gasteiger partial charge on any atom is -0.324 e. The summed E-state index contributed by atoms with van der Waals surface area (Å²) in [6, 6.07) is 16.2. The molecule has 0 saturated carbocycles. The van der Waals surface area contributed by atoms with Crippen LogP contribution in [0.4, 0.5) is 5.95 Å². The highest BCUT2D eigenvalue weighted by atomic mass is 16.2. The smallest absolute Gasteiger partial charge is 0.258 e. The van der Waals surface area contributed by atoms with Gasteiger partial charge in [0.2, 0.25) is 5.95 Å². The van der Waals surface area contributed by atoms with Crippen LogP contribution >= 0.6 is 0 Å². The highest BCUT2D eigenvalue weighted by molar-refractivity contribution is 6.12. The minimum atomic E-state index is -0.372. The molecule has 0 atom stereocenters. The summed E-state index contributed by atoms with van der Waals surface area (Å²) in [5.41, 5.74) is 2.40. The van der Waals surface area contributed by atoms with Gasteiger partial charge in [-0.1, -0.05) is 30.3 Å². The largest absolute Gasteiger partial charge is 0.324 e. The monoisotopic (exact) mass is 318 g/mol. The fourth-order valence-electron chi connectivity index (χ4n) is 2.79. The molecule has 2 aromatic carbocycles. The highest BCUT2D eigenvalue weighted by Crippen LogP contribution is 2.18. The topological polar surface area (TPSA) is 79.8 Å². The highest BCUT2D eigenvalue weighted by Gasteiger charge is 2.15. The SMILES string of the molecule is Cn1c(=O)cc(C(=O)Nc2nc3ccccc3[nH]2)c2ccccc21. The summed E-state index contributed by atoms with van der Waals surface area (Å²) < 4.78 is 1.52. The number of fused-ring (bicyclic) bond motifs is 2. The number of anilines is 1. The van der Waals surface area contributed by atoms with Gasteiger partial charge in [-0.15, -0.1) is 0 Å². The Hall–Kier alpha value is -3.41. The van der Waals surface area contributed by atoms with Crippen molar-refractivity contribution < 1.29 is 4.79 Å². The van der Waals surface area contributed by atoms with Crippen LogP contribution in [0.15, 0.2) is 59.4 Å². The third kappa shape index (κ3) is 2.25. The van der Waals surface area contributed by atoms with Crippen LogP contribution < -0.4 is 10.9 Å². The Morgan fingerprint density at radius 1 is 1.12 bits per heavy atom. The molecule has 0 aliphatic heterocycles. The average molecular weight is 318 g/mol. The molecule has 0 bridgehead atoms. The van der Waals surface area contributed by atoms with E-state index in [1.807, 2.05) is 48.5 Å². The van der Waals surface area contributed by atoms with Crippen molar-refractivity contribution in [2.24, 2.45) is 7.05 Å². The Kier molecular flexibility index (Phi) is 3.16. The number of imidazole rings is 1. The van der Waals surface area contributed by atoms with Gasteiger partial charge in [0, 0.05) is 18.5 Å². The predicted molar refractivity (Wildman–Crippen MR) is 93.2 cm³/mol. The van der Waals surface area contributed by atoms with Gasteiger partial charge in [0.1, 0.15) is 0 Å². The molecule has 24 heavy (non-hydrogen) atoms. The summed E-state index contributed by atoms with van der Waals surface area (Å²) in [5, 5.41) is 3.45. The predicted octanol–water partition coefficient (Wildman–Crippen LogP) is 2.67. The van der Waals surface area contributed by atoms with Crippen LogP contribution in [-0.2, 0) is 7.05 Å². The summed E-state index contributed by atoms with van der Waals surface area (Å²) in [4.78, 5) is 32.1. The maximum Gasteiger partial charge on any atom is 0.258 e. The van der Waals surface area contributed by atoms with E-state index < -0.39 is 0 Å². The number of aryl methyl sites for hydroxylation is 1. The van der Waals surface area contributed by atoms with Gasteiger partial charge >= 0.3 is 0 Å². The van der Waals surface area contributed by atoms with E-state index in [9.17, 15) is 9.59 Å². The Morgan fingerprint density at radius 3 is 2.71 bits per heavy atom. The van der Waals surface area contributed by atoms with Crippen LogP contribution in [0.3, 0.4) is 0 Å². The van der Waals surface area contributed by atoms with Gasteiger partial charge in [-0.25, -0.2) is 4.98 Å². The standard InChI is InChI=1S/C18H14N4O2/c1-22-15-9-5-2-6-11(15)12(10-16(22)23)17(24)21-18-19-13-7-3-4-8-14(13)20-18/h2-10H,1H3,(H2,19,20,21,24). The molecule has 6 nitrogen and oxygen atoms in total. The van der Waals surface area contributed by atoms with Crippen molar-refractivity contribution >= 4 is 33.8 Å². The molecule has 2 N–H and O–H groups in total. The molecule has 0 fully saturated rings. The van der Waals surface area contributed by atoms with Crippen molar-refractivity contribution in [2.75, 3.05) is 5.32 Å². The molecule has 2 heterocycles. The molecular formula is C18H14N4O2. The maximum atomic E-state index is 12.6. The van der Waals surface area contributed by atoms with Gasteiger partial charge in [-0.05, 0) is 18.2 Å². The van der Waals surface area contributed by atoms with Gasteiger partial charge in [0.15, 0.2) is 0 Å². The normalized spacial score (nSPS) is 11.0. The fraction of sp³-hybridized carbons (Fsp3) is 0.0556. The second-order valence-electron chi connectivity index (χ2n) is 5.53. The van der Waals surface area contributed by atoms with Crippen molar-refractivity contribution in [2.45, 2.75) is 0 Å². The quantitative estimate of drug-likeness (QED) is 0.596. The molecule has 0 radical (unpaired) electrons. The van der Waals surface area contributed by atoms with Gasteiger partial charge in [-0.2, -0.15) is 0 Å². The lowest BCUT2D eigenvalue weighted by Gasteiger charge is -2.09. The zero-order valence-corrected chi connectivity index (χ0v) is 12.9. The minimum absolute atomic E-state index is 0.233. The van der Waals surface area contributed by atoms with Crippen LogP contribution in [0.5, 0.6) is 0 Å². The lowest BCUT2D eigenvalue weighted by atomic mass is 10.1. The molecule has 1 amide bonds. The number of nitrogens with one attached hydrogen (secondary N) is 2. The summed E-state index contributed by atoms with van der Waals surface area (Å²) in [6.07, 6.45) is 0. The number of carbonyl (C=O) groups excluding carboxylic acids is 1. The molecule has 0 aliphatic carbocycles. The number of amides is 1. The van der Waals surface area contributed by atoms with Crippen molar-refractivity contribution in [3.05, 3.63) is 70.5 Å². The summed E-state index contributed by atoms with van der Waals surface area (Å²) in [7, 11) is 1.69. The van der Waals surface area contributed by atoms with Crippen LogP contribution in [0.1, 0.15) is 10.4 Å². The Bertz CT molecular complexity index is 1110. The molecule has 6 heteroatoms. The summed E-state index contributed by atoms with van der Waals surface area (Å²) in [6.45, 7) is 0. The molecular weight excluding hydrogens is 304 g/mol. The second-order valence-corrected chi connectivity index (χ2v) is 5.53. The lowest BCUT2D eigenvalue weighted by molar-refractivity contribution is 0.102. The number of rotatable bonds is 2. The summed E-state index contributed by atoms with van der Waals surface area (Å²) in [5.74, 6) is -0.0195. The Morgan fingerprint density at radius 2 is 1.88 bits per heavy atom. The number of hydrogen-bond acceptors (Lipinski definition) is 3. The van der Waals surface area contributed by atoms with E-state index in [1.165, 1.54) is 10.6 Å². The number of benzene rings is 2. The second kappa shape index (κ2) is 5.34. The van der Waals surface area contributed by atoms with E-state index in [2.05, 4.69) is 15.3 Å². The molecule has 0 aliphatic rings. The van der Waals surface area contributed by atoms with Crippen LogP contribution in [-0.4, -0.2) is 20.4 Å². The van der Waals surface area contributed by atoms with Gasteiger partial charge in [0.05, 0.1) is 22.1 Å². The number of pyridine rings is 1. The maximum absolute atomic E-state index is 12.6. The van der Waals surface area contributed by atoms with Gasteiger partial charge in [0.25, 0.3) is 11.5 Å². The zero-order chi connectivity index (χ0) is 16.7. The zero-order valence-electron chi connectivity index (χ0n) is 12.9. The van der Waals surface area contributed by atoms with Crippen molar-refractivity contribution in [3.8, 4) is 0 Å². The van der Waals surface area contributed by atoms with Crippen molar-refractivity contribution in [3.63, 3.8) is 0 Å². The van der Waals surface area contributed by atoms with Crippen molar-refractivity contribution in [1.29, 1.82) is 0 Å². The number of H-pyrrole nitrogens is 1.